The molecule has 0 aliphatic rings. The lowest BCUT2D eigenvalue weighted by Crippen LogP contribution is -2.45. The second-order valence-corrected chi connectivity index (χ2v) is 6.43. The number of benzene rings is 1. The maximum absolute atomic E-state index is 11.1. The van der Waals surface area contributed by atoms with E-state index < -0.39 is 22.9 Å². The molecule has 2 atom stereocenters. The number of rotatable bonds is 8. The third kappa shape index (κ3) is 4.88. The Morgan fingerprint density at radius 2 is 2.00 bits per heavy atom. The number of aliphatic hydroxyl groups is 1. The van der Waals surface area contributed by atoms with Crippen molar-refractivity contribution in [1.82, 2.24) is 0 Å². The number of carboxylic acid groups (broad SMARTS) is 1. The van der Waals surface area contributed by atoms with Crippen molar-refractivity contribution in [3.63, 3.8) is 0 Å². The molecule has 0 fully saturated rings. The van der Waals surface area contributed by atoms with Crippen LogP contribution in [0.2, 0.25) is 0 Å². The summed E-state index contributed by atoms with van der Waals surface area (Å²) >= 11 is 4.42. The molecule has 0 saturated heterocycles. The van der Waals surface area contributed by atoms with Gasteiger partial charge in [0, 0.05) is 35.1 Å². The van der Waals surface area contributed by atoms with Crippen LogP contribution in [0.15, 0.2) is 24.3 Å². The van der Waals surface area contributed by atoms with Gasteiger partial charge in [-0.05, 0) is 19.9 Å². The molecule has 0 spiro atoms. The zero-order valence-electron chi connectivity index (χ0n) is 12.9. The van der Waals surface area contributed by atoms with Crippen LogP contribution in [-0.2, 0) is 4.79 Å². The second kappa shape index (κ2) is 7.82. The second-order valence-electron chi connectivity index (χ2n) is 5.87. The van der Waals surface area contributed by atoms with Crippen molar-refractivity contribution in [3.8, 4) is 0 Å². The van der Waals surface area contributed by atoms with E-state index in [1.165, 1.54) is 0 Å². The summed E-state index contributed by atoms with van der Waals surface area (Å²) in [5, 5.41) is 19.2. The third-order valence-electron chi connectivity index (χ3n) is 3.38. The van der Waals surface area contributed by atoms with Crippen LogP contribution in [0.3, 0.4) is 0 Å². The number of aliphatic hydroxyl groups excluding tert-OH is 1. The molecule has 0 heterocycles. The van der Waals surface area contributed by atoms with Gasteiger partial charge in [0.25, 0.3) is 0 Å². The van der Waals surface area contributed by atoms with Gasteiger partial charge in [0.15, 0.2) is 0 Å². The van der Waals surface area contributed by atoms with Crippen molar-refractivity contribution < 1.29 is 15.0 Å². The van der Waals surface area contributed by atoms with Crippen LogP contribution in [0.1, 0.15) is 25.5 Å². The van der Waals surface area contributed by atoms with Gasteiger partial charge < -0.3 is 26.6 Å². The minimum Gasteiger partial charge on any atom is -0.480 e. The van der Waals surface area contributed by atoms with E-state index in [-0.39, 0.29) is 6.54 Å². The molecular weight excluding hydrogens is 302 g/mol. The lowest BCUT2D eigenvalue weighted by atomic mass is 9.92. The fourth-order valence-corrected chi connectivity index (χ4v) is 2.37. The monoisotopic (exact) mass is 327 g/mol. The molecule has 6 N–H and O–H groups in total. The van der Waals surface area contributed by atoms with Gasteiger partial charge in [-0.1, -0.05) is 18.2 Å². The van der Waals surface area contributed by atoms with Crippen molar-refractivity contribution in [2.45, 2.75) is 30.7 Å². The Morgan fingerprint density at radius 1 is 1.41 bits per heavy atom. The van der Waals surface area contributed by atoms with Crippen LogP contribution in [0.25, 0.3) is 0 Å². The fraction of sp³-hybridized carbons (Fsp3) is 0.533. The van der Waals surface area contributed by atoms with Gasteiger partial charge in [-0.3, -0.25) is 4.79 Å². The highest BCUT2D eigenvalue weighted by Crippen LogP contribution is 2.33. The molecule has 0 radical (unpaired) electrons. The molecule has 0 aliphatic carbocycles. The predicted molar refractivity (Wildman–Crippen MR) is 91.3 cm³/mol. The minimum atomic E-state index is -0.959. The van der Waals surface area contributed by atoms with Gasteiger partial charge in [0.2, 0.25) is 0 Å². The maximum atomic E-state index is 11.1. The summed E-state index contributed by atoms with van der Waals surface area (Å²) in [5.41, 5.74) is 12.1. The van der Waals surface area contributed by atoms with Crippen molar-refractivity contribution in [3.05, 3.63) is 29.8 Å². The Balaban J connectivity index is 3.18. The topological polar surface area (TPSA) is 113 Å². The zero-order chi connectivity index (χ0) is 16.9. The van der Waals surface area contributed by atoms with Crippen LogP contribution >= 0.6 is 12.6 Å². The van der Waals surface area contributed by atoms with E-state index in [2.05, 4.69) is 12.6 Å². The Morgan fingerprint density at radius 3 is 2.50 bits per heavy atom. The van der Waals surface area contributed by atoms with E-state index in [0.717, 1.165) is 0 Å². The van der Waals surface area contributed by atoms with E-state index in [4.69, 9.17) is 16.6 Å². The average Bonchev–Trinajstić information content (AvgIpc) is 2.44. The van der Waals surface area contributed by atoms with E-state index in [9.17, 15) is 9.90 Å². The lowest BCUT2D eigenvalue weighted by Gasteiger charge is -2.33. The van der Waals surface area contributed by atoms with Crippen LogP contribution < -0.4 is 16.4 Å². The number of carbonyl (C=O) groups is 1. The number of thiol groups is 1. The summed E-state index contributed by atoms with van der Waals surface area (Å²) in [7, 11) is 0. The molecule has 1 rings (SSSR count). The largest absolute Gasteiger partial charge is 0.480 e. The summed E-state index contributed by atoms with van der Waals surface area (Å²) in [4.78, 5) is 12.7. The molecule has 1 aromatic carbocycles. The van der Waals surface area contributed by atoms with Gasteiger partial charge in [-0.15, -0.1) is 0 Å². The Kier molecular flexibility index (Phi) is 6.67. The highest BCUT2D eigenvalue weighted by Gasteiger charge is 2.31. The summed E-state index contributed by atoms with van der Waals surface area (Å²) in [6.45, 7) is 4.06. The number of hydrogen-bond donors (Lipinski definition) is 5. The number of nitrogens with two attached hydrogens (primary N) is 2. The summed E-state index contributed by atoms with van der Waals surface area (Å²) < 4.78 is 0. The van der Waals surface area contributed by atoms with Gasteiger partial charge >= 0.3 is 5.97 Å². The molecule has 0 aliphatic heterocycles. The van der Waals surface area contributed by atoms with Gasteiger partial charge in [0.1, 0.15) is 6.54 Å². The molecule has 0 bridgehead atoms. The first-order valence-electron chi connectivity index (χ1n) is 7.09. The molecule has 0 saturated carbocycles. The van der Waals surface area contributed by atoms with Gasteiger partial charge in [0.05, 0.1) is 6.10 Å². The average molecular weight is 327 g/mol. The highest BCUT2D eigenvalue weighted by molar-refractivity contribution is 7.81. The molecule has 0 aromatic heterocycles. The van der Waals surface area contributed by atoms with Gasteiger partial charge in [-0.2, -0.15) is 12.6 Å². The Hall–Kier alpha value is -1.28. The first-order chi connectivity index (χ1) is 10.2. The molecular formula is C15H25N3O3S. The quantitative estimate of drug-likeness (QED) is 0.447. The van der Waals surface area contributed by atoms with Crippen molar-refractivity contribution >= 4 is 24.3 Å². The van der Waals surface area contributed by atoms with Crippen molar-refractivity contribution in [2.24, 2.45) is 11.5 Å². The molecule has 7 heteroatoms. The number of hydrogen-bond acceptors (Lipinski definition) is 6. The standard InChI is InChI=1S/C15H25N3O3S/c1-15(2,17)14(22)13(21)10-5-3-4-6-11(10)18(8-7-16)9-12(19)20/h3-6,13-14,21-22H,7-9,16-17H2,1-2H3,(H,19,20). The third-order valence-corrected chi connectivity index (χ3v) is 4.33. The molecule has 1 aromatic rings. The van der Waals surface area contributed by atoms with Crippen molar-refractivity contribution in [1.29, 1.82) is 0 Å². The molecule has 0 amide bonds. The minimum absolute atomic E-state index is 0.190. The summed E-state index contributed by atoms with van der Waals surface area (Å²) in [6, 6.07) is 7.09. The number of carboxylic acids is 1. The Labute approximate surface area is 136 Å². The predicted octanol–water partition coefficient (Wildman–Crippen LogP) is 0.605. The number of anilines is 1. The number of para-hydroxylation sites is 1. The highest BCUT2D eigenvalue weighted by atomic mass is 32.1. The van der Waals surface area contributed by atoms with Crippen molar-refractivity contribution in [2.75, 3.05) is 24.5 Å². The fourth-order valence-electron chi connectivity index (χ4n) is 2.21. The van der Waals surface area contributed by atoms with Crippen LogP contribution in [0.4, 0.5) is 5.69 Å². The number of nitrogens with zero attached hydrogens (tertiary/aromatic N) is 1. The smallest absolute Gasteiger partial charge is 0.323 e. The summed E-state index contributed by atoms with van der Waals surface area (Å²) in [5.74, 6) is -0.959. The first kappa shape index (κ1) is 18.8. The van der Waals surface area contributed by atoms with Crippen LogP contribution in [-0.4, -0.2) is 46.6 Å². The Bertz CT molecular complexity index is 505. The number of aliphatic carboxylic acids is 1. The van der Waals surface area contributed by atoms with Crippen LogP contribution in [0.5, 0.6) is 0 Å². The van der Waals surface area contributed by atoms with Crippen LogP contribution in [0, 0.1) is 0 Å². The summed E-state index contributed by atoms with van der Waals surface area (Å²) in [6.07, 6.45) is -0.923. The molecule has 6 nitrogen and oxygen atoms in total. The van der Waals surface area contributed by atoms with Gasteiger partial charge in [-0.25, -0.2) is 0 Å². The zero-order valence-corrected chi connectivity index (χ0v) is 13.8. The van der Waals surface area contributed by atoms with E-state index in [1.54, 1.807) is 43.0 Å². The normalized spacial score (nSPS) is 14.5. The van der Waals surface area contributed by atoms with E-state index in [0.29, 0.717) is 24.3 Å². The lowest BCUT2D eigenvalue weighted by molar-refractivity contribution is -0.135. The SMILES string of the molecule is CC(C)(N)C(S)C(O)c1ccccc1N(CCN)CC(=O)O. The van der Waals surface area contributed by atoms with E-state index >= 15 is 0 Å². The maximum Gasteiger partial charge on any atom is 0.323 e. The van der Waals surface area contributed by atoms with E-state index in [1.807, 2.05) is 0 Å². The molecule has 2 unspecified atom stereocenters. The first-order valence-corrected chi connectivity index (χ1v) is 7.61. The molecule has 22 heavy (non-hydrogen) atoms. The molecule has 124 valence electrons.